The van der Waals surface area contributed by atoms with Gasteiger partial charge in [0.1, 0.15) is 5.65 Å². The lowest BCUT2D eigenvalue weighted by Gasteiger charge is -2.26. The molecule has 178 valence electrons. The molecule has 0 saturated carbocycles. The van der Waals surface area contributed by atoms with E-state index in [2.05, 4.69) is 10.3 Å². The zero-order valence-electron chi connectivity index (χ0n) is 19.5. The minimum Gasteiger partial charge on any atom is -0.348 e. The highest BCUT2D eigenvalue weighted by Crippen LogP contribution is 2.23. The number of pyridine rings is 1. The lowest BCUT2D eigenvalue weighted by Crippen LogP contribution is -2.35. The van der Waals surface area contributed by atoms with Crippen molar-refractivity contribution in [2.24, 2.45) is 0 Å². The molecule has 1 saturated heterocycles. The number of piperidine rings is 1. The Hall–Kier alpha value is -3.58. The van der Waals surface area contributed by atoms with Gasteiger partial charge in [0, 0.05) is 53.8 Å². The van der Waals surface area contributed by atoms with Crippen LogP contribution in [0.15, 0.2) is 84.0 Å². The van der Waals surface area contributed by atoms with Gasteiger partial charge in [-0.3, -0.25) is 9.59 Å². The van der Waals surface area contributed by atoms with Gasteiger partial charge in [-0.1, -0.05) is 18.2 Å². The molecule has 0 atom stereocenters. The molecule has 1 fully saturated rings. The van der Waals surface area contributed by atoms with E-state index in [0.29, 0.717) is 17.7 Å². The van der Waals surface area contributed by atoms with Crippen molar-refractivity contribution in [3.8, 4) is 0 Å². The number of hydrogen-bond acceptors (Lipinski definition) is 4. The maximum absolute atomic E-state index is 12.8. The first-order valence-electron chi connectivity index (χ1n) is 12.0. The Morgan fingerprint density at radius 1 is 0.914 bits per heavy atom. The van der Waals surface area contributed by atoms with Gasteiger partial charge in [0.25, 0.3) is 11.8 Å². The van der Waals surface area contributed by atoms with E-state index in [0.717, 1.165) is 53.5 Å². The number of hydrogen-bond donors (Lipinski definition) is 1. The number of rotatable bonds is 7. The zero-order valence-corrected chi connectivity index (χ0v) is 20.3. The zero-order chi connectivity index (χ0) is 24.0. The molecule has 2 amide bonds. The summed E-state index contributed by atoms with van der Waals surface area (Å²) in [6.45, 7) is 2.03. The standard InChI is InChI=1S/C28H28N4O2S/c33-27(29-18-21-7-6-8-23(17-21)28(34)31-14-3-1-4-15-31)22-10-12-25(13-11-22)35-20-24-19-32-16-5-2-9-26(32)30-24/h2,5-13,16-17,19H,1,3-4,14-15,18,20H2,(H,29,33). The second-order valence-electron chi connectivity index (χ2n) is 8.75. The third-order valence-corrected chi connectivity index (χ3v) is 7.23. The smallest absolute Gasteiger partial charge is 0.253 e. The number of thioether (sulfide) groups is 1. The number of aromatic nitrogens is 2. The van der Waals surface area contributed by atoms with E-state index in [-0.39, 0.29) is 11.8 Å². The van der Waals surface area contributed by atoms with E-state index in [4.69, 9.17) is 0 Å². The molecule has 1 aliphatic heterocycles. The number of likely N-dealkylation sites (tertiary alicyclic amines) is 1. The van der Waals surface area contributed by atoms with Crippen molar-refractivity contribution in [3.05, 3.63) is 102 Å². The molecule has 3 heterocycles. The SMILES string of the molecule is O=C(NCc1cccc(C(=O)N2CCCCC2)c1)c1ccc(SCc2cn3ccccc3n2)cc1. The number of amides is 2. The summed E-state index contributed by atoms with van der Waals surface area (Å²) < 4.78 is 2.02. The predicted octanol–water partition coefficient (Wildman–Crippen LogP) is 5.18. The lowest BCUT2D eigenvalue weighted by molar-refractivity contribution is 0.0724. The van der Waals surface area contributed by atoms with Gasteiger partial charge >= 0.3 is 0 Å². The number of carbonyl (C=O) groups excluding carboxylic acids is 2. The van der Waals surface area contributed by atoms with Gasteiger partial charge in [0.05, 0.1) is 5.69 Å². The highest BCUT2D eigenvalue weighted by molar-refractivity contribution is 7.98. The van der Waals surface area contributed by atoms with Gasteiger partial charge in [-0.2, -0.15) is 0 Å². The second kappa shape index (κ2) is 10.8. The Bertz CT molecular complexity index is 1290. The second-order valence-corrected chi connectivity index (χ2v) is 9.80. The van der Waals surface area contributed by atoms with Crippen LogP contribution >= 0.6 is 11.8 Å². The van der Waals surface area contributed by atoms with E-state index in [1.165, 1.54) is 6.42 Å². The van der Waals surface area contributed by atoms with E-state index >= 15 is 0 Å². The van der Waals surface area contributed by atoms with Gasteiger partial charge in [-0.15, -0.1) is 11.8 Å². The van der Waals surface area contributed by atoms with Crippen molar-refractivity contribution < 1.29 is 9.59 Å². The maximum Gasteiger partial charge on any atom is 0.253 e. The fraction of sp³-hybridized carbons (Fsp3) is 0.250. The van der Waals surface area contributed by atoms with Crippen molar-refractivity contribution in [1.29, 1.82) is 0 Å². The fourth-order valence-corrected chi connectivity index (χ4v) is 5.08. The minimum atomic E-state index is -0.130. The first-order valence-corrected chi connectivity index (χ1v) is 13.0. The molecule has 0 radical (unpaired) electrons. The van der Waals surface area contributed by atoms with Crippen molar-refractivity contribution in [2.45, 2.75) is 36.5 Å². The molecular weight excluding hydrogens is 456 g/mol. The Kier molecular flexibility index (Phi) is 7.14. The first-order chi connectivity index (χ1) is 17.2. The number of nitrogens with zero attached hydrogens (tertiary/aromatic N) is 3. The summed E-state index contributed by atoms with van der Waals surface area (Å²) in [5, 5.41) is 2.97. The summed E-state index contributed by atoms with van der Waals surface area (Å²) in [5.41, 5.74) is 4.18. The van der Waals surface area contributed by atoms with Crippen molar-refractivity contribution in [1.82, 2.24) is 19.6 Å². The third kappa shape index (κ3) is 5.74. The quantitative estimate of drug-likeness (QED) is 0.367. The van der Waals surface area contributed by atoms with Crippen molar-refractivity contribution in [3.63, 3.8) is 0 Å². The van der Waals surface area contributed by atoms with Crippen LogP contribution in [0, 0.1) is 0 Å². The normalized spacial score (nSPS) is 13.7. The molecule has 2 aromatic carbocycles. The van der Waals surface area contributed by atoms with Crippen LogP contribution in [0.1, 0.15) is 51.2 Å². The van der Waals surface area contributed by atoms with Gasteiger partial charge in [0.2, 0.25) is 0 Å². The molecule has 0 bridgehead atoms. The molecule has 7 heteroatoms. The maximum atomic E-state index is 12.8. The Morgan fingerprint density at radius 3 is 2.54 bits per heavy atom. The molecule has 0 unspecified atom stereocenters. The monoisotopic (exact) mass is 484 g/mol. The number of carbonyl (C=O) groups is 2. The van der Waals surface area contributed by atoms with E-state index < -0.39 is 0 Å². The van der Waals surface area contributed by atoms with Gasteiger partial charge in [0.15, 0.2) is 0 Å². The highest BCUT2D eigenvalue weighted by atomic mass is 32.2. The minimum absolute atomic E-state index is 0.0783. The number of imidazole rings is 1. The van der Waals surface area contributed by atoms with Gasteiger partial charge in [-0.25, -0.2) is 4.98 Å². The van der Waals surface area contributed by atoms with E-state index in [1.54, 1.807) is 11.8 Å². The van der Waals surface area contributed by atoms with Gasteiger partial charge in [-0.05, 0) is 73.4 Å². The molecule has 1 N–H and O–H groups in total. The summed E-state index contributed by atoms with van der Waals surface area (Å²) >= 11 is 1.69. The highest BCUT2D eigenvalue weighted by Gasteiger charge is 2.18. The summed E-state index contributed by atoms with van der Waals surface area (Å²) in [6, 6.07) is 21.1. The third-order valence-electron chi connectivity index (χ3n) is 6.19. The molecule has 0 spiro atoms. The Labute approximate surface area is 209 Å². The van der Waals surface area contributed by atoms with Crippen molar-refractivity contribution in [2.75, 3.05) is 13.1 Å². The first kappa shape index (κ1) is 23.2. The van der Waals surface area contributed by atoms with Crippen LogP contribution in [0.2, 0.25) is 0 Å². The van der Waals surface area contributed by atoms with Gasteiger partial charge < -0.3 is 14.6 Å². The predicted molar refractivity (Wildman–Crippen MR) is 139 cm³/mol. The topological polar surface area (TPSA) is 66.7 Å². The van der Waals surface area contributed by atoms with Crippen LogP contribution in [-0.4, -0.2) is 39.2 Å². The van der Waals surface area contributed by atoms with Crippen LogP contribution in [0.4, 0.5) is 0 Å². The lowest BCUT2D eigenvalue weighted by atomic mass is 10.1. The van der Waals surface area contributed by atoms with Crippen LogP contribution < -0.4 is 5.32 Å². The van der Waals surface area contributed by atoms with Crippen LogP contribution in [0.3, 0.4) is 0 Å². The number of nitrogens with one attached hydrogen (secondary N) is 1. The molecule has 0 aliphatic carbocycles. The average Bonchev–Trinajstić information content (AvgIpc) is 3.34. The molecule has 2 aromatic heterocycles. The van der Waals surface area contributed by atoms with Crippen LogP contribution in [0.5, 0.6) is 0 Å². The molecule has 5 rings (SSSR count). The summed E-state index contributed by atoms with van der Waals surface area (Å²) in [4.78, 5) is 33.1. The fourth-order valence-electron chi connectivity index (χ4n) is 4.29. The van der Waals surface area contributed by atoms with E-state index in [9.17, 15) is 9.59 Å². The Morgan fingerprint density at radius 2 is 1.74 bits per heavy atom. The van der Waals surface area contributed by atoms with Crippen LogP contribution in [-0.2, 0) is 12.3 Å². The number of fused-ring (bicyclic) bond motifs is 1. The largest absolute Gasteiger partial charge is 0.348 e. The van der Waals surface area contributed by atoms with Crippen LogP contribution in [0.25, 0.3) is 5.65 Å². The number of benzene rings is 2. The molecule has 4 aromatic rings. The van der Waals surface area contributed by atoms with Crippen molar-refractivity contribution >= 4 is 29.2 Å². The molecule has 35 heavy (non-hydrogen) atoms. The van der Waals surface area contributed by atoms with E-state index in [1.807, 2.05) is 88.4 Å². The Balaban J connectivity index is 1.14. The molecular formula is C28H28N4O2S. The summed E-state index contributed by atoms with van der Waals surface area (Å²) in [7, 11) is 0. The summed E-state index contributed by atoms with van der Waals surface area (Å²) in [6.07, 6.45) is 7.36. The average molecular weight is 485 g/mol. The molecule has 1 aliphatic rings. The summed E-state index contributed by atoms with van der Waals surface area (Å²) in [5.74, 6) is 0.712. The molecule has 6 nitrogen and oxygen atoms in total.